The maximum absolute atomic E-state index is 5.01. The first-order valence-corrected chi connectivity index (χ1v) is 3.45. The quantitative estimate of drug-likeness (QED) is 0.572. The first-order chi connectivity index (χ1) is 5.29. The zero-order chi connectivity index (χ0) is 7.84. The van der Waals surface area contributed by atoms with Crippen LogP contribution in [0.1, 0.15) is 11.3 Å². The summed E-state index contributed by atoms with van der Waals surface area (Å²) in [7, 11) is 0. The number of rotatable bonds is 0. The Morgan fingerprint density at radius 1 is 1.27 bits per heavy atom. The molecule has 0 aliphatic heterocycles. The lowest BCUT2D eigenvalue weighted by atomic mass is 10.2. The average molecular weight is 148 g/mol. The van der Waals surface area contributed by atoms with Crippen molar-refractivity contribution >= 4 is 10.9 Å². The van der Waals surface area contributed by atoms with Crippen molar-refractivity contribution in [3.63, 3.8) is 0 Å². The van der Waals surface area contributed by atoms with Gasteiger partial charge in [0, 0.05) is 12.4 Å². The number of hydrogen-bond donors (Lipinski definition) is 0. The van der Waals surface area contributed by atoms with Crippen molar-refractivity contribution in [3.8, 4) is 0 Å². The molecule has 0 radical (unpaired) electrons. The smallest absolute Gasteiger partial charge is 0.143 e. The van der Waals surface area contributed by atoms with Gasteiger partial charge < -0.3 is 4.52 Å². The summed E-state index contributed by atoms with van der Waals surface area (Å²) in [5.74, 6) is 0.830. The van der Waals surface area contributed by atoms with Gasteiger partial charge >= 0.3 is 0 Å². The van der Waals surface area contributed by atoms with Gasteiger partial charge in [0.2, 0.25) is 0 Å². The Balaban J connectivity index is 2.94. The van der Waals surface area contributed by atoms with E-state index in [1.807, 2.05) is 13.8 Å². The Morgan fingerprint density at radius 3 is 2.82 bits per heavy atom. The SMILES string of the molecule is Cc1onc2c(C)cncc12. The van der Waals surface area contributed by atoms with E-state index in [0.717, 1.165) is 22.2 Å². The number of aryl methyl sites for hydroxylation is 2. The van der Waals surface area contributed by atoms with E-state index in [9.17, 15) is 0 Å². The first-order valence-electron chi connectivity index (χ1n) is 3.45. The van der Waals surface area contributed by atoms with Gasteiger partial charge in [-0.1, -0.05) is 5.16 Å². The molecule has 3 nitrogen and oxygen atoms in total. The summed E-state index contributed by atoms with van der Waals surface area (Å²) in [4.78, 5) is 4.05. The predicted octanol–water partition coefficient (Wildman–Crippen LogP) is 1.84. The van der Waals surface area contributed by atoms with Crippen LogP contribution in [0, 0.1) is 13.8 Å². The second kappa shape index (κ2) is 2.05. The number of hydrogen-bond acceptors (Lipinski definition) is 3. The highest BCUT2D eigenvalue weighted by molar-refractivity contribution is 5.81. The minimum atomic E-state index is 0.830. The van der Waals surface area contributed by atoms with E-state index >= 15 is 0 Å². The van der Waals surface area contributed by atoms with Gasteiger partial charge in [-0.15, -0.1) is 0 Å². The maximum atomic E-state index is 5.01. The zero-order valence-electron chi connectivity index (χ0n) is 6.46. The van der Waals surface area contributed by atoms with E-state index in [0.29, 0.717) is 0 Å². The molecule has 0 amide bonds. The molecule has 3 heteroatoms. The Hall–Kier alpha value is -1.38. The second-order valence-electron chi connectivity index (χ2n) is 2.59. The van der Waals surface area contributed by atoms with Crippen LogP contribution in [0.5, 0.6) is 0 Å². The van der Waals surface area contributed by atoms with Gasteiger partial charge in [-0.2, -0.15) is 0 Å². The highest BCUT2D eigenvalue weighted by Gasteiger charge is 2.04. The number of nitrogens with zero attached hydrogens (tertiary/aromatic N) is 2. The van der Waals surface area contributed by atoms with Crippen LogP contribution in [-0.2, 0) is 0 Å². The van der Waals surface area contributed by atoms with Crippen molar-refractivity contribution in [2.75, 3.05) is 0 Å². The number of aromatic nitrogens is 2. The monoisotopic (exact) mass is 148 g/mol. The molecule has 0 aliphatic carbocycles. The van der Waals surface area contributed by atoms with Crippen molar-refractivity contribution in [1.29, 1.82) is 0 Å². The van der Waals surface area contributed by atoms with Gasteiger partial charge in [0.15, 0.2) is 0 Å². The van der Waals surface area contributed by atoms with Crippen LogP contribution in [-0.4, -0.2) is 10.1 Å². The fraction of sp³-hybridized carbons (Fsp3) is 0.250. The normalized spacial score (nSPS) is 10.7. The molecule has 2 aromatic heterocycles. The van der Waals surface area contributed by atoms with Crippen LogP contribution in [0.3, 0.4) is 0 Å². The third-order valence-corrected chi connectivity index (χ3v) is 1.75. The topological polar surface area (TPSA) is 38.9 Å². The lowest BCUT2D eigenvalue weighted by molar-refractivity contribution is 0.405. The fourth-order valence-corrected chi connectivity index (χ4v) is 1.10. The van der Waals surface area contributed by atoms with Crippen molar-refractivity contribution < 1.29 is 4.52 Å². The molecule has 0 saturated carbocycles. The molecular weight excluding hydrogens is 140 g/mol. The van der Waals surface area contributed by atoms with Crippen molar-refractivity contribution in [2.24, 2.45) is 0 Å². The molecule has 2 heterocycles. The van der Waals surface area contributed by atoms with Crippen LogP contribution >= 0.6 is 0 Å². The molecule has 56 valence electrons. The van der Waals surface area contributed by atoms with E-state index in [2.05, 4.69) is 10.1 Å². The Labute approximate surface area is 64.0 Å². The van der Waals surface area contributed by atoms with Gasteiger partial charge in [-0.3, -0.25) is 4.98 Å². The largest absolute Gasteiger partial charge is 0.360 e. The highest BCUT2D eigenvalue weighted by Crippen LogP contribution is 2.18. The second-order valence-corrected chi connectivity index (χ2v) is 2.59. The van der Waals surface area contributed by atoms with Gasteiger partial charge in [0.05, 0.1) is 5.39 Å². The predicted molar refractivity (Wildman–Crippen MR) is 41.3 cm³/mol. The molecule has 0 unspecified atom stereocenters. The summed E-state index contributed by atoms with van der Waals surface area (Å²) >= 11 is 0. The van der Waals surface area contributed by atoms with E-state index in [4.69, 9.17) is 4.52 Å². The first kappa shape index (κ1) is 6.34. The maximum Gasteiger partial charge on any atom is 0.143 e. The molecule has 0 bridgehead atoms. The summed E-state index contributed by atoms with van der Waals surface area (Å²) in [6.45, 7) is 3.85. The Bertz CT molecular complexity index is 392. The minimum absolute atomic E-state index is 0.830. The molecule has 0 aliphatic rings. The molecule has 0 aromatic carbocycles. The molecule has 0 fully saturated rings. The summed E-state index contributed by atoms with van der Waals surface area (Å²) in [5.41, 5.74) is 1.97. The van der Waals surface area contributed by atoms with Gasteiger partial charge in [0.1, 0.15) is 11.3 Å². The molecule has 2 rings (SSSR count). The third kappa shape index (κ3) is 0.808. The third-order valence-electron chi connectivity index (χ3n) is 1.75. The summed E-state index contributed by atoms with van der Waals surface area (Å²) in [5, 5.41) is 4.91. The molecule has 2 aromatic rings. The standard InChI is InChI=1S/C8H8N2O/c1-5-3-9-4-7-6(2)11-10-8(5)7/h3-4H,1-2H3. The summed E-state index contributed by atoms with van der Waals surface area (Å²) in [6, 6.07) is 0. The average Bonchev–Trinajstić information content (AvgIpc) is 2.35. The zero-order valence-corrected chi connectivity index (χ0v) is 6.46. The lowest BCUT2D eigenvalue weighted by Gasteiger charge is -1.89. The highest BCUT2D eigenvalue weighted by atomic mass is 16.5. The minimum Gasteiger partial charge on any atom is -0.360 e. The van der Waals surface area contributed by atoms with Gasteiger partial charge in [0.25, 0.3) is 0 Å². The number of pyridine rings is 1. The lowest BCUT2D eigenvalue weighted by Crippen LogP contribution is -1.78. The molecule has 11 heavy (non-hydrogen) atoms. The molecule has 0 spiro atoms. The molecular formula is C8H8N2O. The molecule has 0 atom stereocenters. The number of fused-ring (bicyclic) bond motifs is 1. The van der Waals surface area contributed by atoms with Gasteiger partial charge in [-0.05, 0) is 19.4 Å². The van der Waals surface area contributed by atoms with E-state index < -0.39 is 0 Å². The summed E-state index contributed by atoms with van der Waals surface area (Å²) < 4.78 is 5.01. The van der Waals surface area contributed by atoms with Crippen molar-refractivity contribution in [1.82, 2.24) is 10.1 Å². The van der Waals surface area contributed by atoms with Crippen LogP contribution < -0.4 is 0 Å². The molecule has 0 N–H and O–H groups in total. The Kier molecular flexibility index (Phi) is 1.18. The van der Waals surface area contributed by atoms with Crippen LogP contribution in [0.25, 0.3) is 10.9 Å². The van der Waals surface area contributed by atoms with Crippen LogP contribution in [0.2, 0.25) is 0 Å². The van der Waals surface area contributed by atoms with E-state index in [-0.39, 0.29) is 0 Å². The van der Waals surface area contributed by atoms with Crippen molar-refractivity contribution in [3.05, 3.63) is 23.7 Å². The summed E-state index contributed by atoms with van der Waals surface area (Å²) in [6.07, 6.45) is 3.55. The fourth-order valence-electron chi connectivity index (χ4n) is 1.10. The van der Waals surface area contributed by atoms with Gasteiger partial charge in [-0.25, -0.2) is 0 Å². The van der Waals surface area contributed by atoms with Crippen molar-refractivity contribution in [2.45, 2.75) is 13.8 Å². The van der Waals surface area contributed by atoms with E-state index in [1.54, 1.807) is 12.4 Å². The van der Waals surface area contributed by atoms with E-state index in [1.165, 1.54) is 0 Å². The molecule has 0 saturated heterocycles. The van der Waals surface area contributed by atoms with Crippen LogP contribution in [0.15, 0.2) is 16.9 Å². The van der Waals surface area contributed by atoms with Crippen LogP contribution in [0.4, 0.5) is 0 Å². The Morgan fingerprint density at radius 2 is 2.09 bits per heavy atom.